The van der Waals surface area contributed by atoms with Crippen molar-refractivity contribution in [3.8, 4) is 0 Å². The molecule has 1 aromatic carbocycles. The second-order valence-corrected chi connectivity index (χ2v) is 4.19. The third-order valence-electron chi connectivity index (χ3n) is 2.92. The van der Waals surface area contributed by atoms with E-state index in [0.717, 1.165) is 18.5 Å². The van der Waals surface area contributed by atoms with Gasteiger partial charge in [-0.25, -0.2) is 13.6 Å². The first-order chi connectivity index (χ1) is 9.10. The molecule has 1 heterocycles. The number of hydrogen-bond donors (Lipinski definition) is 1. The Morgan fingerprint density at radius 3 is 2.42 bits per heavy atom. The van der Waals surface area contributed by atoms with E-state index in [1.165, 1.54) is 11.0 Å². The van der Waals surface area contributed by atoms with Crippen molar-refractivity contribution in [3.05, 3.63) is 29.8 Å². The molecular formula is C12H13F2N3O2. The summed E-state index contributed by atoms with van der Waals surface area (Å²) in [5, 5.41) is 2.49. The molecule has 0 aliphatic carbocycles. The van der Waals surface area contributed by atoms with Crippen molar-refractivity contribution < 1.29 is 18.4 Å². The van der Waals surface area contributed by atoms with Crippen molar-refractivity contribution in [1.29, 1.82) is 0 Å². The van der Waals surface area contributed by atoms with Crippen LogP contribution in [0.4, 0.5) is 19.3 Å². The fourth-order valence-corrected chi connectivity index (χ4v) is 1.81. The van der Waals surface area contributed by atoms with Crippen molar-refractivity contribution in [2.75, 3.05) is 31.5 Å². The molecule has 1 saturated heterocycles. The van der Waals surface area contributed by atoms with Crippen LogP contribution in [0.2, 0.25) is 0 Å². The van der Waals surface area contributed by atoms with Crippen LogP contribution in [0.5, 0.6) is 0 Å². The molecule has 0 saturated carbocycles. The van der Waals surface area contributed by atoms with Gasteiger partial charge < -0.3 is 15.1 Å². The van der Waals surface area contributed by atoms with Crippen LogP contribution in [0.25, 0.3) is 0 Å². The normalized spacial score (nSPS) is 15.3. The van der Waals surface area contributed by atoms with Gasteiger partial charge in [-0.15, -0.1) is 0 Å². The van der Waals surface area contributed by atoms with Crippen molar-refractivity contribution in [1.82, 2.24) is 9.80 Å². The van der Waals surface area contributed by atoms with Crippen LogP contribution in [0.15, 0.2) is 18.2 Å². The predicted molar refractivity (Wildman–Crippen MR) is 64.6 cm³/mol. The van der Waals surface area contributed by atoms with Crippen LogP contribution in [0.3, 0.4) is 0 Å². The highest BCUT2D eigenvalue weighted by molar-refractivity contribution is 5.89. The Kier molecular flexibility index (Phi) is 3.94. The van der Waals surface area contributed by atoms with Gasteiger partial charge in [0.25, 0.3) is 0 Å². The maximum absolute atomic E-state index is 13.0. The number of carbonyl (C=O) groups is 2. The van der Waals surface area contributed by atoms with E-state index in [2.05, 4.69) is 5.32 Å². The molecule has 0 bridgehead atoms. The first-order valence-corrected chi connectivity index (χ1v) is 5.80. The number of halogens is 2. The van der Waals surface area contributed by atoms with Crippen LogP contribution >= 0.6 is 0 Å². The molecule has 0 radical (unpaired) electrons. The van der Waals surface area contributed by atoms with Crippen molar-refractivity contribution in [2.45, 2.75) is 0 Å². The molecule has 7 heteroatoms. The summed E-state index contributed by atoms with van der Waals surface area (Å²) in [5.41, 5.74) is 0.196. The Morgan fingerprint density at radius 1 is 1.16 bits per heavy atom. The van der Waals surface area contributed by atoms with Gasteiger partial charge in [-0.1, -0.05) is 0 Å². The lowest BCUT2D eigenvalue weighted by atomic mass is 10.3. The number of piperazine rings is 1. The molecule has 1 aromatic rings. The standard InChI is InChI=1S/C12H13F2N3O2/c13-10-2-1-9(7-11(10)14)15-12(19)17-5-3-16(8-18)4-6-17/h1-2,7-8H,3-6H2,(H,15,19). The van der Waals surface area contributed by atoms with Gasteiger partial charge in [0, 0.05) is 37.9 Å². The van der Waals surface area contributed by atoms with Crippen molar-refractivity contribution >= 4 is 18.1 Å². The van der Waals surface area contributed by atoms with E-state index in [1.807, 2.05) is 0 Å². The lowest BCUT2D eigenvalue weighted by Crippen LogP contribution is -2.49. The minimum absolute atomic E-state index is 0.196. The minimum Gasteiger partial charge on any atom is -0.342 e. The third kappa shape index (κ3) is 3.18. The van der Waals surface area contributed by atoms with Gasteiger partial charge in [0.1, 0.15) is 0 Å². The van der Waals surface area contributed by atoms with Gasteiger partial charge in [-0.3, -0.25) is 4.79 Å². The molecule has 1 aliphatic heterocycles. The Morgan fingerprint density at radius 2 is 1.84 bits per heavy atom. The second kappa shape index (κ2) is 5.64. The molecule has 1 fully saturated rings. The molecule has 102 valence electrons. The van der Waals surface area contributed by atoms with Crippen LogP contribution in [-0.4, -0.2) is 48.4 Å². The number of amides is 3. The Balaban J connectivity index is 1.94. The topological polar surface area (TPSA) is 52.7 Å². The van der Waals surface area contributed by atoms with Crippen molar-refractivity contribution in [3.63, 3.8) is 0 Å². The van der Waals surface area contributed by atoms with Crippen LogP contribution in [0, 0.1) is 11.6 Å². The molecule has 19 heavy (non-hydrogen) atoms. The van der Waals surface area contributed by atoms with Gasteiger partial charge in [0.15, 0.2) is 11.6 Å². The lowest BCUT2D eigenvalue weighted by Gasteiger charge is -2.32. The summed E-state index contributed by atoms with van der Waals surface area (Å²) in [7, 11) is 0. The molecular weight excluding hydrogens is 256 g/mol. The summed E-state index contributed by atoms with van der Waals surface area (Å²) in [4.78, 5) is 25.5. The molecule has 1 aliphatic rings. The van der Waals surface area contributed by atoms with Crippen LogP contribution < -0.4 is 5.32 Å². The Labute approximate surface area is 108 Å². The molecule has 1 N–H and O–H groups in total. The van der Waals surface area contributed by atoms with Gasteiger partial charge in [-0.2, -0.15) is 0 Å². The molecule has 5 nitrogen and oxygen atoms in total. The highest BCUT2D eigenvalue weighted by Gasteiger charge is 2.20. The Bertz CT molecular complexity index is 488. The zero-order chi connectivity index (χ0) is 13.8. The fourth-order valence-electron chi connectivity index (χ4n) is 1.81. The van der Waals surface area contributed by atoms with Crippen LogP contribution in [0.1, 0.15) is 0 Å². The number of urea groups is 1. The number of nitrogens with zero attached hydrogens (tertiary/aromatic N) is 2. The van der Waals surface area contributed by atoms with Gasteiger partial charge >= 0.3 is 6.03 Å². The third-order valence-corrected chi connectivity index (χ3v) is 2.92. The van der Waals surface area contributed by atoms with E-state index < -0.39 is 17.7 Å². The quantitative estimate of drug-likeness (QED) is 0.822. The largest absolute Gasteiger partial charge is 0.342 e. The predicted octanol–water partition coefficient (Wildman–Crippen LogP) is 1.27. The van der Waals surface area contributed by atoms with Crippen LogP contribution in [-0.2, 0) is 4.79 Å². The minimum atomic E-state index is -1.01. The summed E-state index contributed by atoms with van der Waals surface area (Å²) in [5.74, 6) is -1.97. The smallest absolute Gasteiger partial charge is 0.321 e. The van der Waals surface area contributed by atoms with E-state index in [1.54, 1.807) is 4.90 Å². The zero-order valence-electron chi connectivity index (χ0n) is 10.1. The number of anilines is 1. The van der Waals surface area contributed by atoms with Gasteiger partial charge in [-0.05, 0) is 12.1 Å². The summed E-state index contributed by atoms with van der Waals surface area (Å²) >= 11 is 0. The summed E-state index contributed by atoms with van der Waals surface area (Å²) in [6, 6.07) is 2.78. The van der Waals surface area contributed by atoms with Crippen molar-refractivity contribution in [2.24, 2.45) is 0 Å². The SMILES string of the molecule is O=CN1CCN(C(=O)Nc2ccc(F)c(F)c2)CC1. The summed E-state index contributed by atoms with van der Waals surface area (Å²) in [6.45, 7) is 1.76. The second-order valence-electron chi connectivity index (χ2n) is 4.19. The molecule has 0 atom stereocenters. The van der Waals surface area contributed by atoms with Gasteiger partial charge in [0.2, 0.25) is 6.41 Å². The first-order valence-electron chi connectivity index (χ1n) is 5.80. The highest BCUT2D eigenvalue weighted by atomic mass is 19.2. The highest BCUT2D eigenvalue weighted by Crippen LogP contribution is 2.14. The first kappa shape index (κ1) is 13.3. The summed E-state index contributed by atoms with van der Waals surface area (Å²) < 4.78 is 25.7. The maximum Gasteiger partial charge on any atom is 0.321 e. The molecule has 0 aromatic heterocycles. The number of hydrogen-bond acceptors (Lipinski definition) is 2. The molecule has 0 unspecified atom stereocenters. The van der Waals surface area contributed by atoms with E-state index in [4.69, 9.17) is 0 Å². The van der Waals surface area contributed by atoms with E-state index >= 15 is 0 Å². The zero-order valence-corrected chi connectivity index (χ0v) is 10.1. The molecule has 0 spiro atoms. The van der Waals surface area contributed by atoms with E-state index in [9.17, 15) is 18.4 Å². The average Bonchev–Trinajstić information content (AvgIpc) is 2.43. The number of rotatable bonds is 2. The van der Waals surface area contributed by atoms with E-state index in [-0.39, 0.29) is 5.69 Å². The number of benzene rings is 1. The number of nitrogens with one attached hydrogen (secondary N) is 1. The monoisotopic (exact) mass is 269 g/mol. The summed E-state index contributed by atoms with van der Waals surface area (Å²) in [6.07, 6.45) is 0.741. The van der Waals surface area contributed by atoms with E-state index in [0.29, 0.717) is 26.2 Å². The molecule has 3 amide bonds. The van der Waals surface area contributed by atoms with Gasteiger partial charge in [0.05, 0.1) is 0 Å². The molecule has 2 rings (SSSR count). The number of carbonyl (C=O) groups excluding carboxylic acids is 2. The Hall–Kier alpha value is -2.18. The maximum atomic E-state index is 13.0. The lowest BCUT2D eigenvalue weighted by molar-refractivity contribution is -0.119. The fraction of sp³-hybridized carbons (Fsp3) is 0.333. The average molecular weight is 269 g/mol.